The second-order valence-corrected chi connectivity index (χ2v) is 4.85. The molecule has 2 rings (SSSR count). The van der Waals surface area contributed by atoms with Crippen LogP contribution in [0.15, 0.2) is 24.3 Å². The Hall–Kier alpha value is -1.30. The zero-order valence-electron chi connectivity index (χ0n) is 9.87. The molecule has 1 aliphatic heterocycles. The zero-order chi connectivity index (χ0) is 13.0. The molecule has 0 radical (unpaired) electrons. The molecule has 1 heterocycles. The molecule has 6 heteroatoms. The van der Waals surface area contributed by atoms with E-state index in [9.17, 15) is 9.90 Å². The second kappa shape index (κ2) is 5.56. The van der Waals surface area contributed by atoms with Crippen LogP contribution in [0.25, 0.3) is 0 Å². The summed E-state index contributed by atoms with van der Waals surface area (Å²) in [4.78, 5) is 11.7. The number of carbonyl (C=O) groups is 1. The Kier molecular flexibility index (Phi) is 4.06. The highest BCUT2D eigenvalue weighted by Gasteiger charge is 2.31. The maximum atomic E-state index is 11.7. The van der Waals surface area contributed by atoms with Gasteiger partial charge in [0.2, 0.25) is 0 Å². The molecular weight excluding hydrogens is 254 g/mol. The van der Waals surface area contributed by atoms with E-state index in [0.29, 0.717) is 23.7 Å². The fraction of sp³-hybridized carbons (Fsp3) is 0.417. The fourth-order valence-corrected chi connectivity index (χ4v) is 2.04. The minimum atomic E-state index is -0.849. The molecule has 5 nitrogen and oxygen atoms in total. The largest absolute Gasteiger partial charge is 0.387 e. The molecule has 0 aromatic heterocycles. The Morgan fingerprint density at radius 3 is 2.94 bits per heavy atom. The van der Waals surface area contributed by atoms with Crippen LogP contribution in [0.5, 0.6) is 0 Å². The van der Waals surface area contributed by atoms with Crippen molar-refractivity contribution in [2.45, 2.75) is 12.0 Å². The average Bonchev–Trinajstić information content (AvgIpc) is 2.77. The van der Waals surface area contributed by atoms with Crippen molar-refractivity contribution in [3.8, 4) is 0 Å². The molecule has 0 saturated carbocycles. The third-order valence-corrected chi connectivity index (χ3v) is 3.25. The summed E-state index contributed by atoms with van der Waals surface area (Å²) < 4.78 is 0. The summed E-state index contributed by atoms with van der Waals surface area (Å²) in [5.74, 6) is 0. The molecule has 1 atom stereocenters. The van der Waals surface area contributed by atoms with Crippen molar-refractivity contribution in [2.24, 2.45) is 0 Å². The van der Waals surface area contributed by atoms with Crippen LogP contribution in [0.1, 0.15) is 6.42 Å². The van der Waals surface area contributed by atoms with Gasteiger partial charge in [-0.2, -0.15) is 0 Å². The van der Waals surface area contributed by atoms with Crippen molar-refractivity contribution in [1.82, 2.24) is 10.6 Å². The highest BCUT2D eigenvalue weighted by Crippen LogP contribution is 2.20. The lowest BCUT2D eigenvalue weighted by atomic mass is 10.0. The van der Waals surface area contributed by atoms with Crippen molar-refractivity contribution < 1.29 is 9.90 Å². The highest BCUT2D eigenvalue weighted by molar-refractivity contribution is 6.33. The van der Waals surface area contributed by atoms with Crippen LogP contribution in [0, 0.1) is 0 Å². The predicted molar refractivity (Wildman–Crippen MR) is 70.9 cm³/mol. The summed E-state index contributed by atoms with van der Waals surface area (Å²) in [6, 6.07) is 6.62. The number of hydrogen-bond donors (Lipinski definition) is 4. The number of β-amino-alcohol motifs (C(OH)–C–C–N with tert-alkyl or cyclic N) is 1. The number of nitrogens with one attached hydrogen (secondary N) is 3. The first-order chi connectivity index (χ1) is 8.59. The van der Waals surface area contributed by atoms with Crippen LogP contribution in [0.4, 0.5) is 10.5 Å². The van der Waals surface area contributed by atoms with Gasteiger partial charge in [-0.3, -0.25) is 0 Å². The number of anilines is 1. The Bertz CT molecular complexity index is 433. The van der Waals surface area contributed by atoms with Crippen molar-refractivity contribution in [3.63, 3.8) is 0 Å². The highest BCUT2D eigenvalue weighted by atomic mass is 35.5. The number of urea groups is 1. The SMILES string of the molecule is O=C(NCC1(O)CCNC1)Nc1ccccc1Cl. The lowest BCUT2D eigenvalue weighted by Gasteiger charge is -2.21. The molecule has 1 fully saturated rings. The maximum absolute atomic E-state index is 11.7. The van der Waals surface area contributed by atoms with E-state index in [-0.39, 0.29) is 12.6 Å². The maximum Gasteiger partial charge on any atom is 0.319 e. The molecule has 1 unspecified atom stereocenters. The van der Waals surface area contributed by atoms with Gasteiger partial charge in [0.05, 0.1) is 16.3 Å². The molecular formula is C12H16ClN3O2. The van der Waals surface area contributed by atoms with Gasteiger partial charge in [0.1, 0.15) is 0 Å². The second-order valence-electron chi connectivity index (χ2n) is 4.44. The molecule has 1 aromatic rings. The first-order valence-electron chi connectivity index (χ1n) is 5.82. The quantitative estimate of drug-likeness (QED) is 0.666. The number of hydrogen-bond acceptors (Lipinski definition) is 3. The van der Waals surface area contributed by atoms with Gasteiger partial charge in [0.25, 0.3) is 0 Å². The number of rotatable bonds is 3. The number of para-hydroxylation sites is 1. The summed E-state index contributed by atoms with van der Waals surface area (Å²) in [6.45, 7) is 1.49. The van der Waals surface area contributed by atoms with E-state index in [0.717, 1.165) is 6.54 Å². The monoisotopic (exact) mass is 269 g/mol. The van der Waals surface area contributed by atoms with Crippen LogP contribution >= 0.6 is 11.6 Å². The normalized spacial score (nSPS) is 22.8. The van der Waals surface area contributed by atoms with E-state index in [1.165, 1.54) is 0 Å². The molecule has 0 spiro atoms. The van der Waals surface area contributed by atoms with Gasteiger partial charge in [-0.1, -0.05) is 23.7 Å². The van der Waals surface area contributed by atoms with Gasteiger partial charge in [-0.05, 0) is 25.1 Å². The van der Waals surface area contributed by atoms with Gasteiger partial charge in [0.15, 0.2) is 0 Å². The van der Waals surface area contributed by atoms with E-state index in [1.807, 2.05) is 0 Å². The van der Waals surface area contributed by atoms with E-state index < -0.39 is 5.60 Å². The minimum absolute atomic E-state index is 0.219. The number of amides is 2. The standard InChI is InChI=1S/C12H16ClN3O2/c13-9-3-1-2-4-10(9)16-11(17)15-8-12(18)5-6-14-7-12/h1-4,14,18H,5-8H2,(H2,15,16,17). The molecule has 18 heavy (non-hydrogen) atoms. The first kappa shape index (κ1) is 13.1. The van der Waals surface area contributed by atoms with E-state index >= 15 is 0 Å². The summed E-state index contributed by atoms with van der Waals surface area (Å²) in [5, 5.41) is 18.8. The summed E-state index contributed by atoms with van der Waals surface area (Å²) in [7, 11) is 0. The average molecular weight is 270 g/mol. The van der Waals surface area contributed by atoms with Crippen LogP contribution in [-0.2, 0) is 0 Å². The van der Waals surface area contributed by atoms with E-state index in [2.05, 4.69) is 16.0 Å². The van der Waals surface area contributed by atoms with Gasteiger partial charge in [0, 0.05) is 13.1 Å². The molecule has 1 saturated heterocycles. The van der Waals surface area contributed by atoms with Crippen LogP contribution in [-0.4, -0.2) is 36.4 Å². The molecule has 2 amide bonds. The lowest BCUT2D eigenvalue weighted by molar-refractivity contribution is 0.0640. The molecule has 4 N–H and O–H groups in total. The number of benzene rings is 1. The topological polar surface area (TPSA) is 73.4 Å². The Morgan fingerprint density at radius 2 is 2.28 bits per heavy atom. The first-order valence-corrected chi connectivity index (χ1v) is 6.19. The van der Waals surface area contributed by atoms with E-state index in [1.54, 1.807) is 24.3 Å². The molecule has 0 bridgehead atoms. The summed E-state index contributed by atoms with van der Waals surface area (Å²) in [6.07, 6.45) is 0.638. The Balaban J connectivity index is 1.84. The van der Waals surface area contributed by atoms with Crippen molar-refractivity contribution in [1.29, 1.82) is 0 Å². The summed E-state index contributed by atoms with van der Waals surface area (Å²) in [5.41, 5.74) is -0.300. The Labute approximate surface area is 111 Å². The van der Waals surface area contributed by atoms with Crippen LogP contribution < -0.4 is 16.0 Å². The minimum Gasteiger partial charge on any atom is -0.387 e. The number of halogens is 1. The zero-order valence-corrected chi connectivity index (χ0v) is 10.6. The fourth-order valence-electron chi connectivity index (χ4n) is 1.86. The third-order valence-electron chi connectivity index (χ3n) is 2.92. The van der Waals surface area contributed by atoms with Crippen molar-refractivity contribution in [3.05, 3.63) is 29.3 Å². The van der Waals surface area contributed by atoms with Crippen molar-refractivity contribution >= 4 is 23.3 Å². The number of aliphatic hydroxyl groups is 1. The van der Waals surface area contributed by atoms with Gasteiger partial charge >= 0.3 is 6.03 Å². The number of carbonyl (C=O) groups excluding carboxylic acids is 1. The predicted octanol–water partition coefficient (Wildman–Crippen LogP) is 1.19. The lowest BCUT2D eigenvalue weighted by Crippen LogP contribution is -2.45. The Morgan fingerprint density at radius 1 is 1.50 bits per heavy atom. The molecule has 98 valence electrons. The molecule has 0 aliphatic carbocycles. The molecule has 1 aromatic carbocycles. The third kappa shape index (κ3) is 3.35. The van der Waals surface area contributed by atoms with E-state index in [4.69, 9.17) is 11.6 Å². The van der Waals surface area contributed by atoms with Crippen LogP contribution in [0.2, 0.25) is 5.02 Å². The van der Waals surface area contributed by atoms with Crippen molar-refractivity contribution in [2.75, 3.05) is 25.0 Å². The van der Waals surface area contributed by atoms with Gasteiger partial charge in [-0.15, -0.1) is 0 Å². The van der Waals surface area contributed by atoms with Gasteiger partial charge < -0.3 is 21.1 Å². The smallest absolute Gasteiger partial charge is 0.319 e. The summed E-state index contributed by atoms with van der Waals surface area (Å²) >= 11 is 5.92. The van der Waals surface area contributed by atoms with Gasteiger partial charge in [-0.25, -0.2) is 4.79 Å². The van der Waals surface area contributed by atoms with Crippen LogP contribution in [0.3, 0.4) is 0 Å². The molecule has 1 aliphatic rings.